The van der Waals surface area contributed by atoms with Gasteiger partial charge in [-0.1, -0.05) is 35.5 Å². The molecule has 104 valence electrons. The second kappa shape index (κ2) is 5.77. The molecule has 0 bridgehead atoms. The van der Waals surface area contributed by atoms with E-state index in [-0.39, 0.29) is 5.56 Å². The smallest absolute Gasteiger partial charge is 0.336 e. The molecule has 0 heterocycles. The van der Waals surface area contributed by atoms with Gasteiger partial charge in [-0.25, -0.2) is 4.79 Å². The molecule has 20 heavy (non-hydrogen) atoms. The highest BCUT2D eigenvalue weighted by atomic mass is 35.5. The minimum absolute atomic E-state index is 0.126. The van der Waals surface area contributed by atoms with Crippen LogP contribution in [0.4, 0.5) is 5.69 Å². The minimum atomic E-state index is -1.04. The molecule has 0 spiro atoms. The molecule has 0 saturated carbocycles. The summed E-state index contributed by atoms with van der Waals surface area (Å²) >= 11 is 7.51. The van der Waals surface area contributed by atoms with Crippen LogP contribution in [0.3, 0.4) is 0 Å². The van der Waals surface area contributed by atoms with Crippen molar-refractivity contribution in [2.45, 2.75) is 23.6 Å². The highest BCUT2D eigenvalue weighted by molar-refractivity contribution is 7.99. The van der Waals surface area contributed by atoms with Gasteiger partial charge in [0.1, 0.15) is 0 Å². The predicted molar refractivity (Wildman–Crippen MR) is 82.9 cm³/mol. The van der Waals surface area contributed by atoms with Crippen LogP contribution in [0, 0.1) is 13.8 Å². The molecule has 3 N–H and O–H groups in total. The zero-order chi connectivity index (χ0) is 14.9. The van der Waals surface area contributed by atoms with Crippen molar-refractivity contribution in [2.75, 3.05) is 5.73 Å². The first-order chi connectivity index (χ1) is 9.38. The summed E-state index contributed by atoms with van der Waals surface area (Å²) in [5, 5.41) is 9.64. The normalized spacial score (nSPS) is 10.6. The first-order valence-corrected chi connectivity index (χ1v) is 7.15. The molecule has 0 aromatic heterocycles. The SMILES string of the molecule is Cc1ccc(C)c(Sc2c(Cl)cc(N)cc2C(=O)O)c1. The number of carboxylic acids is 1. The van der Waals surface area contributed by atoms with Crippen LogP contribution in [0.5, 0.6) is 0 Å². The van der Waals surface area contributed by atoms with Gasteiger partial charge in [0.2, 0.25) is 0 Å². The fourth-order valence-corrected chi connectivity index (χ4v) is 3.25. The maximum atomic E-state index is 11.3. The van der Waals surface area contributed by atoms with Crippen LogP contribution >= 0.6 is 23.4 Å². The van der Waals surface area contributed by atoms with Gasteiger partial charge >= 0.3 is 5.97 Å². The van der Waals surface area contributed by atoms with Gasteiger partial charge < -0.3 is 10.8 Å². The lowest BCUT2D eigenvalue weighted by Crippen LogP contribution is -2.01. The van der Waals surface area contributed by atoms with Crippen molar-refractivity contribution in [2.24, 2.45) is 0 Å². The number of aromatic carboxylic acids is 1. The van der Waals surface area contributed by atoms with Crippen LogP contribution in [0.1, 0.15) is 21.5 Å². The van der Waals surface area contributed by atoms with Crippen molar-refractivity contribution in [3.8, 4) is 0 Å². The van der Waals surface area contributed by atoms with E-state index in [1.807, 2.05) is 32.0 Å². The number of hydrogen-bond donors (Lipinski definition) is 2. The van der Waals surface area contributed by atoms with Crippen molar-refractivity contribution in [1.82, 2.24) is 0 Å². The Kier molecular flexibility index (Phi) is 4.26. The average Bonchev–Trinajstić information content (AvgIpc) is 2.36. The van der Waals surface area contributed by atoms with Gasteiger partial charge in [0, 0.05) is 15.5 Å². The maximum absolute atomic E-state index is 11.3. The molecule has 2 aromatic carbocycles. The fraction of sp³-hybridized carbons (Fsp3) is 0.133. The molecule has 3 nitrogen and oxygen atoms in total. The molecule has 0 amide bonds. The van der Waals surface area contributed by atoms with Crippen molar-refractivity contribution >= 4 is 35.0 Å². The van der Waals surface area contributed by atoms with E-state index in [0.717, 1.165) is 16.0 Å². The molecule has 0 aliphatic carbocycles. The Morgan fingerprint density at radius 1 is 1.25 bits per heavy atom. The summed E-state index contributed by atoms with van der Waals surface area (Å²) in [4.78, 5) is 12.8. The molecule has 0 aliphatic rings. The summed E-state index contributed by atoms with van der Waals surface area (Å²) in [6.07, 6.45) is 0. The van der Waals surface area contributed by atoms with Crippen molar-refractivity contribution < 1.29 is 9.90 Å². The molecule has 0 saturated heterocycles. The summed E-state index contributed by atoms with van der Waals surface area (Å²) in [5.41, 5.74) is 8.31. The third-order valence-electron chi connectivity index (χ3n) is 2.85. The van der Waals surface area contributed by atoms with Crippen LogP contribution in [-0.4, -0.2) is 11.1 Å². The van der Waals surface area contributed by atoms with E-state index in [2.05, 4.69) is 0 Å². The molecule has 2 aromatic rings. The Hall–Kier alpha value is -1.65. The second-order valence-electron chi connectivity index (χ2n) is 4.56. The highest BCUT2D eigenvalue weighted by Gasteiger charge is 2.16. The van der Waals surface area contributed by atoms with E-state index in [0.29, 0.717) is 15.6 Å². The third-order valence-corrected chi connectivity index (χ3v) is 4.57. The molecule has 0 unspecified atom stereocenters. The molecular weight excluding hydrogens is 294 g/mol. The van der Waals surface area contributed by atoms with Gasteiger partial charge in [-0.2, -0.15) is 0 Å². The summed E-state index contributed by atoms with van der Waals surface area (Å²) < 4.78 is 0. The van der Waals surface area contributed by atoms with Crippen LogP contribution in [0.15, 0.2) is 40.1 Å². The van der Waals surface area contributed by atoms with E-state index in [1.54, 1.807) is 6.07 Å². The Balaban J connectivity index is 2.53. The number of carboxylic acid groups (broad SMARTS) is 1. The number of aryl methyl sites for hydroxylation is 2. The highest BCUT2D eigenvalue weighted by Crippen LogP contribution is 2.39. The van der Waals surface area contributed by atoms with Gasteiger partial charge in [0.25, 0.3) is 0 Å². The second-order valence-corrected chi connectivity index (χ2v) is 6.01. The first-order valence-electron chi connectivity index (χ1n) is 5.96. The van der Waals surface area contributed by atoms with Crippen molar-refractivity contribution in [3.05, 3.63) is 52.0 Å². The van der Waals surface area contributed by atoms with Crippen LogP contribution in [0.2, 0.25) is 5.02 Å². The third kappa shape index (κ3) is 3.08. The van der Waals surface area contributed by atoms with Gasteiger partial charge in [-0.3, -0.25) is 0 Å². The van der Waals surface area contributed by atoms with Crippen molar-refractivity contribution in [3.63, 3.8) is 0 Å². The lowest BCUT2D eigenvalue weighted by Gasteiger charge is -2.11. The molecule has 2 rings (SSSR count). The minimum Gasteiger partial charge on any atom is -0.478 e. The standard InChI is InChI=1S/C15H14ClNO2S/c1-8-3-4-9(2)13(5-8)20-14-11(15(18)19)6-10(17)7-12(14)16/h3-7H,17H2,1-2H3,(H,18,19). The number of halogens is 1. The van der Waals surface area contributed by atoms with E-state index < -0.39 is 5.97 Å². The Morgan fingerprint density at radius 3 is 2.60 bits per heavy atom. The number of nitrogen functional groups attached to an aromatic ring is 1. The number of rotatable bonds is 3. The number of hydrogen-bond acceptors (Lipinski definition) is 3. The summed E-state index contributed by atoms with van der Waals surface area (Å²) in [7, 11) is 0. The quantitative estimate of drug-likeness (QED) is 0.826. The zero-order valence-electron chi connectivity index (χ0n) is 11.1. The van der Waals surface area contributed by atoms with Crippen LogP contribution in [-0.2, 0) is 0 Å². The zero-order valence-corrected chi connectivity index (χ0v) is 12.7. The Morgan fingerprint density at radius 2 is 1.95 bits per heavy atom. The Labute approximate surface area is 126 Å². The number of carbonyl (C=O) groups is 1. The van der Waals surface area contributed by atoms with Crippen molar-refractivity contribution in [1.29, 1.82) is 0 Å². The largest absolute Gasteiger partial charge is 0.478 e. The lowest BCUT2D eigenvalue weighted by molar-refractivity contribution is 0.0693. The number of nitrogens with two attached hydrogens (primary N) is 1. The monoisotopic (exact) mass is 307 g/mol. The van der Waals surface area contributed by atoms with E-state index in [4.69, 9.17) is 17.3 Å². The first kappa shape index (κ1) is 14.8. The number of anilines is 1. The molecule has 0 radical (unpaired) electrons. The van der Waals surface area contributed by atoms with E-state index >= 15 is 0 Å². The molecule has 0 atom stereocenters. The predicted octanol–water partition coefficient (Wildman–Crippen LogP) is 4.39. The van der Waals surface area contributed by atoms with Gasteiger partial charge in [0.15, 0.2) is 0 Å². The topological polar surface area (TPSA) is 63.3 Å². The summed E-state index contributed by atoms with van der Waals surface area (Å²) in [6.45, 7) is 3.97. The number of benzene rings is 2. The van der Waals surface area contributed by atoms with Gasteiger partial charge in [-0.05, 0) is 43.2 Å². The van der Waals surface area contributed by atoms with Gasteiger partial charge in [-0.15, -0.1) is 0 Å². The molecule has 0 aliphatic heterocycles. The molecule has 0 fully saturated rings. The van der Waals surface area contributed by atoms with E-state index in [1.165, 1.54) is 17.8 Å². The van der Waals surface area contributed by atoms with E-state index in [9.17, 15) is 9.90 Å². The van der Waals surface area contributed by atoms with Gasteiger partial charge in [0.05, 0.1) is 10.6 Å². The van der Waals surface area contributed by atoms with Crippen LogP contribution < -0.4 is 5.73 Å². The Bertz CT molecular complexity index is 686. The summed E-state index contributed by atoms with van der Waals surface area (Å²) in [6, 6.07) is 9.03. The molecule has 5 heteroatoms. The average molecular weight is 308 g/mol. The fourth-order valence-electron chi connectivity index (χ4n) is 1.80. The maximum Gasteiger partial charge on any atom is 0.336 e. The van der Waals surface area contributed by atoms with Crippen LogP contribution in [0.25, 0.3) is 0 Å². The summed E-state index contributed by atoms with van der Waals surface area (Å²) in [5.74, 6) is -1.04. The molecular formula is C15H14ClNO2S. The lowest BCUT2D eigenvalue weighted by atomic mass is 10.2.